The van der Waals surface area contributed by atoms with Gasteiger partial charge in [0.25, 0.3) is 0 Å². The lowest BCUT2D eigenvalue weighted by Crippen LogP contribution is -2.63. The molecule has 0 spiro atoms. The first kappa shape index (κ1) is 28.5. The van der Waals surface area contributed by atoms with Gasteiger partial charge in [-0.1, -0.05) is 19.7 Å². The summed E-state index contributed by atoms with van der Waals surface area (Å²) in [6, 6.07) is 0. The van der Waals surface area contributed by atoms with Gasteiger partial charge in [-0.3, -0.25) is 14.4 Å². The van der Waals surface area contributed by atoms with Gasteiger partial charge in [-0.05, 0) is 20.8 Å². The van der Waals surface area contributed by atoms with E-state index < -0.39 is 83.0 Å². The molecular formula is C18H27N3O9S3. The minimum Gasteiger partial charge on any atom is -0.306 e. The third kappa shape index (κ3) is 6.09. The van der Waals surface area contributed by atoms with Crippen LogP contribution < -0.4 is 0 Å². The minimum atomic E-state index is -4.06. The van der Waals surface area contributed by atoms with Crippen molar-refractivity contribution in [2.75, 3.05) is 20.0 Å². The molecule has 1 saturated heterocycles. The Morgan fingerprint density at radius 2 is 0.758 bits per heavy atom. The van der Waals surface area contributed by atoms with E-state index >= 15 is 0 Å². The second kappa shape index (κ2) is 10.2. The maximum atomic E-state index is 12.8. The molecule has 0 aliphatic carbocycles. The lowest BCUT2D eigenvalue weighted by molar-refractivity contribution is -0.157. The Hall–Kier alpha value is -2.52. The molecule has 0 saturated carbocycles. The van der Waals surface area contributed by atoms with Crippen LogP contribution >= 0.6 is 0 Å². The summed E-state index contributed by atoms with van der Waals surface area (Å²) >= 11 is 0. The molecule has 1 rings (SSSR count). The summed E-state index contributed by atoms with van der Waals surface area (Å²) in [5.74, 6) is -2.99. The molecule has 0 aromatic heterocycles. The number of amides is 3. The van der Waals surface area contributed by atoms with Crippen molar-refractivity contribution in [1.82, 2.24) is 14.7 Å². The van der Waals surface area contributed by atoms with Crippen molar-refractivity contribution in [1.29, 1.82) is 0 Å². The van der Waals surface area contributed by atoms with Gasteiger partial charge in [0.15, 0.2) is 29.5 Å². The first-order valence-electron chi connectivity index (χ1n) is 9.42. The first-order valence-corrected chi connectivity index (χ1v) is 14.2. The van der Waals surface area contributed by atoms with Crippen LogP contribution in [-0.2, 0) is 43.9 Å². The quantitative estimate of drug-likeness (QED) is 0.375. The van der Waals surface area contributed by atoms with E-state index in [1.165, 1.54) is 0 Å². The van der Waals surface area contributed by atoms with E-state index in [-0.39, 0.29) is 0 Å². The standard InChI is InChI=1S/C18H27N3O9S3/c1-7-31(25,26)13(4)16(22)19-10-20(17(23)14(5)32(27,28)8-2)12-21(11-19)18(24)15(6)33(29,30)9-3/h7-9,13-15H,1-3,10-12H2,4-6H3. The third-order valence-corrected chi connectivity index (χ3v) is 10.1. The normalized spacial score (nSPS) is 18.1. The Morgan fingerprint density at radius 1 is 0.576 bits per heavy atom. The zero-order valence-corrected chi connectivity index (χ0v) is 20.9. The molecule has 3 unspecified atom stereocenters. The zero-order chi connectivity index (χ0) is 25.9. The predicted molar refractivity (Wildman–Crippen MR) is 121 cm³/mol. The van der Waals surface area contributed by atoms with E-state index in [9.17, 15) is 39.6 Å². The van der Waals surface area contributed by atoms with Crippen LogP contribution in [0.2, 0.25) is 0 Å². The van der Waals surface area contributed by atoms with E-state index in [2.05, 4.69) is 19.7 Å². The molecule has 1 aliphatic heterocycles. The van der Waals surface area contributed by atoms with Crippen LogP contribution in [0.4, 0.5) is 0 Å². The molecule has 15 heteroatoms. The molecule has 0 bridgehead atoms. The molecule has 1 heterocycles. The fourth-order valence-corrected chi connectivity index (χ4v) is 4.95. The molecule has 1 fully saturated rings. The van der Waals surface area contributed by atoms with Gasteiger partial charge >= 0.3 is 0 Å². The van der Waals surface area contributed by atoms with Gasteiger partial charge in [-0.2, -0.15) is 0 Å². The van der Waals surface area contributed by atoms with Crippen molar-refractivity contribution in [3.63, 3.8) is 0 Å². The zero-order valence-electron chi connectivity index (χ0n) is 18.4. The predicted octanol–water partition coefficient (Wildman–Crippen LogP) is -0.801. The molecule has 3 atom stereocenters. The monoisotopic (exact) mass is 525 g/mol. The van der Waals surface area contributed by atoms with Gasteiger partial charge in [0.2, 0.25) is 17.7 Å². The fourth-order valence-electron chi connectivity index (χ4n) is 2.80. The van der Waals surface area contributed by atoms with Crippen LogP contribution in [0.5, 0.6) is 0 Å². The molecule has 0 radical (unpaired) electrons. The molecule has 3 amide bonds. The first-order chi connectivity index (χ1) is 15.0. The second-order valence-electron chi connectivity index (χ2n) is 7.25. The number of hydrogen-bond donors (Lipinski definition) is 0. The smallest absolute Gasteiger partial charge is 0.243 e. The molecule has 0 N–H and O–H groups in total. The van der Waals surface area contributed by atoms with Gasteiger partial charge in [-0.25, -0.2) is 25.3 Å². The van der Waals surface area contributed by atoms with E-state index in [1.54, 1.807) is 0 Å². The van der Waals surface area contributed by atoms with Crippen molar-refractivity contribution in [2.24, 2.45) is 0 Å². The summed E-state index contributed by atoms with van der Waals surface area (Å²) in [4.78, 5) is 41.0. The van der Waals surface area contributed by atoms with E-state index in [0.29, 0.717) is 16.2 Å². The number of carbonyl (C=O) groups is 3. The van der Waals surface area contributed by atoms with Crippen LogP contribution in [0.15, 0.2) is 36.0 Å². The Labute approximate surface area is 194 Å². The van der Waals surface area contributed by atoms with Crippen molar-refractivity contribution in [2.45, 2.75) is 36.5 Å². The number of carbonyl (C=O) groups excluding carboxylic acids is 3. The highest BCUT2D eigenvalue weighted by Crippen LogP contribution is 2.18. The molecule has 186 valence electrons. The Kier molecular flexibility index (Phi) is 8.79. The molecule has 1 aliphatic rings. The SMILES string of the molecule is C=CS(=O)(=O)C(C)C(=O)N1CN(C(=O)C(C)S(=O)(=O)C=C)CN(C(=O)C(C)S(=O)(=O)C=C)C1. The summed E-state index contributed by atoms with van der Waals surface area (Å²) in [5, 5.41) is -3.10. The maximum absolute atomic E-state index is 12.8. The maximum Gasteiger partial charge on any atom is 0.243 e. The Morgan fingerprint density at radius 3 is 0.909 bits per heavy atom. The molecule has 33 heavy (non-hydrogen) atoms. The number of rotatable bonds is 9. The number of sulfone groups is 3. The van der Waals surface area contributed by atoms with Gasteiger partial charge < -0.3 is 14.7 Å². The molecule has 12 nitrogen and oxygen atoms in total. The summed E-state index contributed by atoms with van der Waals surface area (Å²) in [6.45, 7) is 11.1. The lowest BCUT2D eigenvalue weighted by atomic mass is 10.3. The van der Waals surface area contributed by atoms with Crippen LogP contribution in [0.1, 0.15) is 20.8 Å². The van der Waals surface area contributed by atoms with Crippen molar-refractivity contribution in [3.05, 3.63) is 36.0 Å². The van der Waals surface area contributed by atoms with Gasteiger partial charge in [0.05, 0.1) is 20.0 Å². The van der Waals surface area contributed by atoms with Crippen molar-refractivity contribution in [3.8, 4) is 0 Å². The second-order valence-corrected chi connectivity index (χ2v) is 13.9. The molecule has 0 aromatic rings. The van der Waals surface area contributed by atoms with Crippen molar-refractivity contribution < 1.29 is 39.6 Å². The third-order valence-electron chi connectivity index (χ3n) is 5.18. The average Bonchev–Trinajstić information content (AvgIpc) is 2.80. The summed E-state index contributed by atoms with van der Waals surface area (Å²) in [7, 11) is -12.2. The summed E-state index contributed by atoms with van der Waals surface area (Å²) in [5.41, 5.74) is 0. The lowest BCUT2D eigenvalue weighted by Gasteiger charge is -2.43. The van der Waals surface area contributed by atoms with Crippen LogP contribution in [0.25, 0.3) is 0 Å². The largest absolute Gasteiger partial charge is 0.306 e. The van der Waals surface area contributed by atoms with Gasteiger partial charge in [-0.15, -0.1) is 0 Å². The number of hydrogen-bond acceptors (Lipinski definition) is 9. The highest BCUT2D eigenvalue weighted by Gasteiger charge is 2.41. The van der Waals surface area contributed by atoms with Crippen LogP contribution in [0, 0.1) is 0 Å². The van der Waals surface area contributed by atoms with E-state index in [4.69, 9.17) is 0 Å². The summed E-state index contributed by atoms with van der Waals surface area (Å²) < 4.78 is 72.4. The van der Waals surface area contributed by atoms with E-state index in [0.717, 1.165) is 35.5 Å². The van der Waals surface area contributed by atoms with Gasteiger partial charge in [0, 0.05) is 16.2 Å². The molecule has 0 aromatic carbocycles. The Balaban J connectivity index is 3.43. The van der Waals surface area contributed by atoms with E-state index in [1.807, 2.05) is 0 Å². The average molecular weight is 526 g/mol. The van der Waals surface area contributed by atoms with Crippen LogP contribution in [0.3, 0.4) is 0 Å². The van der Waals surface area contributed by atoms with Gasteiger partial charge in [0.1, 0.15) is 15.7 Å². The highest BCUT2D eigenvalue weighted by atomic mass is 32.2. The number of nitrogens with zero attached hydrogens (tertiary/aromatic N) is 3. The molecular weight excluding hydrogens is 498 g/mol. The Bertz CT molecular complexity index is 1020. The van der Waals surface area contributed by atoms with Crippen LogP contribution in [-0.4, -0.2) is 93.4 Å². The topological polar surface area (TPSA) is 163 Å². The fraction of sp³-hybridized carbons (Fsp3) is 0.500. The minimum absolute atomic E-state index is 0.530. The summed E-state index contributed by atoms with van der Waals surface area (Å²) in [6.07, 6.45) is 0. The van der Waals surface area contributed by atoms with Crippen molar-refractivity contribution >= 4 is 47.2 Å². The highest BCUT2D eigenvalue weighted by molar-refractivity contribution is 7.96.